The molecular weight excluding hydrogens is 506 g/mol. The fourth-order valence-corrected chi connectivity index (χ4v) is 4.30. The van der Waals surface area contributed by atoms with Crippen molar-refractivity contribution in [1.29, 1.82) is 0 Å². The van der Waals surface area contributed by atoms with Crippen molar-refractivity contribution in [3.63, 3.8) is 0 Å². The lowest BCUT2D eigenvalue weighted by Gasteiger charge is -2.47. The van der Waals surface area contributed by atoms with Gasteiger partial charge in [-0.05, 0) is 24.4 Å². The van der Waals surface area contributed by atoms with Crippen LogP contribution in [0.15, 0.2) is 35.4 Å². The van der Waals surface area contributed by atoms with E-state index in [0.29, 0.717) is 6.42 Å². The Bertz CT molecular complexity index is 948. The molecule has 2 heterocycles. The molecule has 2 aliphatic heterocycles. The Morgan fingerprint density at radius 2 is 1.82 bits per heavy atom. The molecule has 3 rings (SSSR count). The average Bonchev–Trinajstić information content (AvgIpc) is 2.92. The molecule has 0 aliphatic carbocycles. The maximum Gasteiger partial charge on any atom is 0.187 e. The number of Topliss-reactive ketones (excluding diaryl/α,β-unsaturated/α-hetero) is 1. The van der Waals surface area contributed by atoms with Gasteiger partial charge in [0.2, 0.25) is 0 Å². The molecule has 2 aliphatic rings. The SMILES string of the molecule is CC(=O)[C@H]1O[C@@H](O[C@H]2[C@H](OCc3ccccc3)[C@@H](N=[N+]=[N-])[C@H](OCCCC=O)O[C@@H]2CO)[C@H](O)[C@@H](O)[C@@H]1O. The molecule has 0 unspecified atom stereocenters. The van der Waals surface area contributed by atoms with E-state index in [1.54, 1.807) is 24.3 Å². The second-order valence-electron chi connectivity index (χ2n) is 8.97. The Balaban J connectivity index is 1.90. The van der Waals surface area contributed by atoms with Crippen molar-refractivity contribution < 1.29 is 53.7 Å². The van der Waals surface area contributed by atoms with Gasteiger partial charge in [0, 0.05) is 11.3 Å². The first-order valence-electron chi connectivity index (χ1n) is 12.2. The molecule has 1 aromatic rings. The predicted molar refractivity (Wildman–Crippen MR) is 127 cm³/mol. The highest BCUT2D eigenvalue weighted by atomic mass is 16.7. The molecule has 38 heavy (non-hydrogen) atoms. The zero-order chi connectivity index (χ0) is 27.7. The summed E-state index contributed by atoms with van der Waals surface area (Å²) in [7, 11) is 0. The summed E-state index contributed by atoms with van der Waals surface area (Å²) in [5.74, 6) is -0.608. The van der Waals surface area contributed by atoms with Gasteiger partial charge in [-0.1, -0.05) is 35.4 Å². The molecule has 210 valence electrons. The van der Waals surface area contributed by atoms with Crippen LogP contribution in [-0.2, 0) is 39.9 Å². The van der Waals surface area contributed by atoms with Crippen LogP contribution in [0, 0.1) is 0 Å². The molecule has 0 radical (unpaired) electrons. The molecule has 1 aromatic carbocycles. The third kappa shape index (κ3) is 7.33. The number of rotatable bonds is 13. The van der Waals surface area contributed by atoms with Crippen LogP contribution in [0.2, 0.25) is 0 Å². The third-order valence-electron chi connectivity index (χ3n) is 6.27. The van der Waals surface area contributed by atoms with Crippen LogP contribution in [0.4, 0.5) is 0 Å². The van der Waals surface area contributed by atoms with Crippen LogP contribution in [0.1, 0.15) is 25.3 Å². The number of aldehydes is 1. The average molecular weight is 540 g/mol. The summed E-state index contributed by atoms with van der Waals surface area (Å²) in [6.07, 6.45) is -11.7. The molecule has 2 saturated heterocycles. The van der Waals surface area contributed by atoms with Crippen molar-refractivity contribution in [3.8, 4) is 0 Å². The van der Waals surface area contributed by atoms with Crippen LogP contribution in [-0.4, -0.2) is 107 Å². The largest absolute Gasteiger partial charge is 0.394 e. The lowest BCUT2D eigenvalue weighted by atomic mass is 9.95. The standard InChI is InChI=1S/C24H33N3O11/c1-13(30)20-18(32)17(31)19(33)24(37-20)38-21-15(11-29)36-23(34-10-6-5-9-28)16(26-27-25)22(21)35-12-14-7-3-2-4-8-14/h2-4,7-9,15-24,29,31-33H,5-6,10-12H2,1H3/t15-,16-,17+,18+,19-,20-,21-,22-,23-,24+/m1/s1. The van der Waals surface area contributed by atoms with E-state index in [1.165, 1.54) is 0 Å². The number of carbonyl (C=O) groups is 2. The van der Waals surface area contributed by atoms with Crippen molar-refractivity contribution in [2.75, 3.05) is 13.2 Å². The summed E-state index contributed by atoms with van der Waals surface area (Å²) >= 11 is 0. The van der Waals surface area contributed by atoms with E-state index in [0.717, 1.165) is 18.8 Å². The number of ketones is 1. The first-order chi connectivity index (χ1) is 18.3. The lowest BCUT2D eigenvalue weighted by Crippen LogP contribution is -2.65. The molecule has 0 bridgehead atoms. The molecule has 0 saturated carbocycles. The van der Waals surface area contributed by atoms with E-state index in [4.69, 9.17) is 23.7 Å². The molecule has 10 atom stereocenters. The van der Waals surface area contributed by atoms with Crippen molar-refractivity contribution in [2.45, 2.75) is 87.7 Å². The summed E-state index contributed by atoms with van der Waals surface area (Å²) in [5.41, 5.74) is 10.0. The monoisotopic (exact) mass is 539 g/mol. The maximum atomic E-state index is 12.0. The number of aliphatic hydroxyl groups excluding tert-OH is 4. The topological polar surface area (TPSA) is 210 Å². The van der Waals surface area contributed by atoms with Gasteiger partial charge in [0.25, 0.3) is 0 Å². The lowest BCUT2D eigenvalue weighted by molar-refractivity contribution is -0.344. The number of azide groups is 1. The normalized spacial score (nSPS) is 35.3. The van der Waals surface area contributed by atoms with Gasteiger partial charge in [0.05, 0.1) is 19.8 Å². The number of nitrogens with zero attached hydrogens (tertiary/aromatic N) is 3. The smallest absolute Gasteiger partial charge is 0.187 e. The number of ether oxygens (including phenoxy) is 5. The minimum atomic E-state index is -1.77. The van der Waals surface area contributed by atoms with Gasteiger partial charge in [-0.25, -0.2) is 0 Å². The zero-order valence-corrected chi connectivity index (χ0v) is 20.8. The highest BCUT2D eigenvalue weighted by molar-refractivity contribution is 5.81. The number of benzene rings is 1. The summed E-state index contributed by atoms with van der Waals surface area (Å²) in [6, 6.07) is 7.89. The van der Waals surface area contributed by atoms with Crippen LogP contribution >= 0.6 is 0 Å². The third-order valence-corrected chi connectivity index (χ3v) is 6.27. The number of unbranched alkanes of at least 4 members (excludes halogenated alkanes) is 1. The Labute approximate surface area is 218 Å². The Morgan fingerprint density at radius 1 is 1.08 bits per heavy atom. The quantitative estimate of drug-likeness (QED) is 0.0843. The fraction of sp³-hybridized carbons (Fsp3) is 0.667. The second kappa shape index (κ2) is 14.6. The predicted octanol–water partition coefficient (Wildman–Crippen LogP) is -0.255. The summed E-state index contributed by atoms with van der Waals surface area (Å²) in [6.45, 7) is 0.651. The van der Waals surface area contributed by atoms with Gasteiger partial charge in [-0.3, -0.25) is 4.79 Å². The van der Waals surface area contributed by atoms with Crippen LogP contribution < -0.4 is 0 Å². The maximum absolute atomic E-state index is 12.0. The fourth-order valence-electron chi connectivity index (χ4n) is 4.30. The number of aliphatic hydroxyl groups is 4. The van der Waals surface area contributed by atoms with Crippen molar-refractivity contribution in [1.82, 2.24) is 0 Å². The highest BCUT2D eigenvalue weighted by Crippen LogP contribution is 2.33. The molecule has 0 aromatic heterocycles. The molecule has 2 fully saturated rings. The minimum absolute atomic E-state index is 0.0321. The molecule has 14 heteroatoms. The highest BCUT2D eigenvalue weighted by Gasteiger charge is 2.52. The summed E-state index contributed by atoms with van der Waals surface area (Å²) in [4.78, 5) is 25.5. The molecular formula is C24H33N3O11. The van der Waals surface area contributed by atoms with E-state index < -0.39 is 73.7 Å². The second-order valence-corrected chi connectivity index (χ2v) is 8.97. The van der Waals surface area contributed by atoms with Gasteiger partial charge < -0.3 is 48.9 Å². The van der Waals surface area contributed by atoms with E-state index >= 15 is 0 Å². The molecule has 0 amide bonds. The molecule has 14 nitrogen and oxygen atoms in total. The van der Waals surface area contributed by atoms with Gasteiger partial charge in [-0.2, -0.15) is 0 Å². The Kier molecular flexibility index (Phi) is 11.6. The summed E-state index contributed by atoms with van der Waals surface area (Å²) < 4.78 is 29.0. The van der Waals surface area contributed by atoms with Gasteiger partial charge in [0.15, 0.2) is 18.4 Å². The van der Waals surface area contributed by atoms with Crippen LogP contribution in [0.25, 0.3) is 10.4 Å². The Hall–Kier alpha value is -2.49. The van der Waals surface area contributed by atoms with E-state index in [9.17, 15) is 35.5 Å². The minimum Gasteiger partial charge on any atom is -0.394 e. The van der Waals surface area contributed by atoms with Crippen molar-refractivity contribution >= 4 is 12.1 Å². The van der Waals surface area contributed by atoms with Crippen LogP contribution in [0.3, 0.4) is 0 Å². The van der Waals surface area contributed by atoms with E-state index in [1.807, 2.05) is 6.07 Å². The number of carbonyl (C=O) groups excluding carboxylic acids is 2. The summed E-state index contributed by atoms with van der Waals surface area (Å²) in [5, 5.41) is 44.9. The number of hydrogen-bond donors (Lipinski definition) is 4. The van der Waals surface area contributed by atoms with E-state index in [2.05, 4.69) is 10.0 Å². The number of hydrogen-bond acceptors (Lipinski definition) is 12. The van der Waals surface area contributed by atoms with Crippen LogP contribution in [0.5, 0.6) is 0 Å². The van der Waals surface area contributed by atoms with Crippen molar-refractivity contribution in [2.24, 2.45) is 5.11 Å². The van der Waals surface area contributed by atoms with Gasteiger partial charge in [0.1, 0.15) is 55.1 Å². The zero-order valence-electron chi connectivity index (χ0n) is 20.8. The first kappa shape index (κ1) is 30.1. The van der Waals surface area contributed by atoms with E-state index in [-0.39, 0.29) is 19.6 Å². The first-order valence-corrected chi connectivity index (χ1v) is 12.2. The molecule has 4 N–H and O–H groups in total. The van der Waals surface area contributed by atoms with Gasteiger partial charge >= 0.3 is 0 Å². The van der Waals surface area contributed by atoms with Crippen molar-refractivity contribution in [3.05, 3.63) is 46.3 Å². The molecule has 0 spiro atoms. The van der Waals surface area contributed by atoms with Gasteiger partial charge in [-0.15, -0.1) is 0 Å². The Morgan fingerprint density at radius 3 is 2.45 bits per heavy atom.